The second-order valence-corrected chi connectivity index (χ2v) is 14.3. The highest BCUT2D eigenvalue weighted by atomic mass is 16.2. The van der Waals surface area contributed by atoms with Gasteiger partial charge in [-0.2, -0.15) is 0 Å². The number of amides is 8. The number of rotatable bonds is 19. The summed E-state index contributed by atoms with van der Waals surface area (Å²) < 4.78 is 0. The van der Waals surface area contributed by atoms with Crippen LogP contribution in [0.1, 0.15) is 61.6 Å². The van der Waals surface area contributed by atoms with Crippen molar-refractivity contribution in [2.24, 2.45) is 5.73 Å². The van der Waals surface area contributed by atoms with Gasteiger partial charge in [-0.1, -0.05) is 50.1 Å². The van der Waals surface area contributed by atoms with E-state index in [-0.39, 0.29) is 24.1 Å². The first kappa shape index (κ1) is 43.1. The number of fused-ring (bicyclic) bond motifs is 2. The zero-order valence-electron chi connectivity index (χ0n) is 32.9. The molecular formula is C40H49N11O8. The van der Waals surface area contributed by atoms with Gasteiger partial charge in [-0.3, -0.25) is 38.4 Å². The van der Waals surface area contributed by atoms with Gasteiger partial charge >= 0.3 is 0 Å². The van der Waals surface area contributed by atoms with Crippen molar-refractivity contribution in [3.63, 3.8) is 0 Å². The summed E-state index contributed by atoms with van der Waals surface area (Å²) in [7, 11) is 0. The molecular weight excluding hydrogens is 763 g/mol. The van der Waals surface area contributed by atoms with Gasteiger partial charge in [-0.25, -0.2) is 4.98 Å². The van der Waals surface area contributed by atoms with Gasteiger partial charge in [0.25, 0.3) is 5.91 Å². The molecule has 5 atom stereocenters. The highest BCUT2D eigenvalue weighted by Crippen LogP contribution is 2.23. The molecule has 0 spiro atoms. The zero-order chi connectivity index (χ0) is 42.6. The number of carbonyl (C=O) groups is 8. The van der Waals surface area contributed by atoms with Gasteiger partial charge in [0.2, 0.25) is 41.4 Å². The number of hydrogen-bond acceptors (Lipinski definition) is 9. The van der Waals surface area contributed by atoms with E-state index < -0.39 is 90.6 Å². The first-order chi connectivity index (χ1) is 28.2. The molecule has 4 aromatic rings. The molecule has 0 saturated carbocycles. The summed E-state index contributed by atoms with van der Waals surface area (Å²) in [4.78, 5) is 117. The third-order valence-corrected chi connectivity index (χ3v) is 9.82. The van der Waals surface area contributed by atoms with E-state index in [1.165, 1.54) is 38.5 Å². The number of aromatic amines is 2. The van der Waals surface area contributed by atoms with Gasteiger partial charge in [0, 0.05) is 55.3 Å². The standard InChI is InChI=1S/C40H49N11O8/c1-4-5-12-30(47-23(3)52)38(57)46-22(2)36(55)50-32(16-25-18-42-21-45-25)37(56)44-19-33-39(58)49-29-14-9-7-11-27(29)40(59)51(33)20-34(53)48-31(35(41)54)15-24-17-43-28-13-8-6-10-26(24)28/h6-11,13-14,17-18,21-22,30-33,43H,4-5,12,15-16,19-20H2,1-3H3,(H2,41,54)(H,42,45)(H,44,56)(H,46,57)(H,47,52)(H,48,53)(H,49,58)(H,50,55)/t22-,30-,31-,32-,33?/m0/s1. The molecule has 1 aliphatic heterocycles. The summed E-state index contributed by atoms with van der Waals surface area (Å²) in [5, 5.41) is 16.6. The summed E-state index contributed by atoms with van der Waals surface area (Å²) in [6, 6.07) is 7.72. The van der Waals surface area contributed by atoms with Crippen molar-refractivity contribution in [3.8, 4) is 0 Å². The van der Waals surface area contributed by atoms with Crippen LogP contribution in [-0.4, -0.2) is 110 Å². The molecule has 19 heteroatoms. The fourth-order valence-electron chi connectivity index (χ4n) is 6.70. The SMILES string of the molecule is CCCC[C@H](NC(C)=O)C(=O)N[C@@H](C)C(=O)N[C@@H](Cc1cnc[nH]1)C(=O)NCC1C(=O)Nc2ccccc2C(=O)N1CC(=O)N[C@@H](Cc1c[nH]c2ccccc12)C(N)=O. The van der Waals surface area contributed by atoms with Gasteiger partial charge in [0.15, 0.2) is 0 Å². The van der Waals surface area contributed by atoms with Crippen LogP contribution >= 0.6 is 0 Å². The average Bonchev–Trinajstić information content (AvgIpc) is 3.86. The molecule has 2 aromatic heterocycles. The van der Waals surface area contributed by atoms with E-state index in [0.29, 0.717) is 18.5 Å². The van der Waals surface area contributed by atoms with Crippen molar-refractivity contribution >= 4 is 63.8 Å². The lowest BCUT2D eigenvalue weighted by molar-refractivity contribution is -0.133. The molecule has 0 aliphatic carbocycles. The zero-order valence-corrected chi connectivity index (χ0v) is 32.9. The van der Waals surface area contributed by atoms with Crippen molar-refractivity contribution < 1.29 is 38.4 Å². The van der Waals surface area contributed by atoms with Crippen molar-refractivity contribution in [2.75, 3.05) is 18.4 Å². The Morgan fingerprint density at radius 2 is 1.61 bits per heavy atom. The van der Waals surface area contributed by atoms with Crippen molar-refractivity contribution in [1.82, 2.24) is 46.4 Å². The van der Waals surface area contributed by atoms with Gasteiger partial charge < -0.3 is 52.5 Å². The van der Waals surface area contributed by atoms with Crippen LogP contribution in [0, 0.1) is 0 Å². The summed E-state index contributed by atoms with van der Waals surface area (Å²) >= 11 is 0. The smallest absolute Gasteiger partial charge is 0.257 e. The van der Waals surface area contributed by atoms with E-state index in [4.69, 9.17) is 5.73 Å². The minimum Gasteiger partial charge on any atom is -0.368 e. The molecule has 1 aliphatic rings. The van der Waals surface area contributed by atoms with Crippen LogP contribution in [0.4, 0.5) is 5.69 Å². The number of benzene rings is 2. The van der Waals surface area contributed by atoms with Crippen molar-refractivity contribution in [2.45, 2.75) is 83.1 Å². The molecule has 0 saturated heterocycles. The fourth-order valence-corrected chi connectivity index (χ4v) is 6.70. The number of unbranched alkanes of at least 4 members (excludes halogenated alkanes) is 1. The molecule has 59 heavy (non-hydrogen) atoms. The lowest BCUT2D eigenvalue weighted by atomic mass is 10.0. The highest BCUT2D eigenvalue weighted by Gasteiger charge is 2.38. The van der Waals surface area contributed by atoms with Crippen LogP contribution in [0.3, 0.4) is 0 Å². The molecule has 1 unspecified atom stereocenters. The molecule has 8 amide bonds. The summed E-state index contributed by atoms with van der Waals surface area (Å²) in [6.45, 7) is 3.46. The van der Waals surface area contributed by atoms with E-state index >= 15 is 0 Å². The fraction of sp³-hybridized carbons (Fsp3) is 0.375. The maximum atomic E-state index is 14.0. The normalized spacial score (nSPS) is 15.7. The molecule has 5 rings (SSSR count). The molecule has 19 nitrogen and oxygen atoms in total. The number of H-pyrrole nitrogens is 2. The number of imidazole rings is 1. The number of hydrogen-bond donors (Lipinski definition) is 9. The number of aromatic nitrogens is 3. The summed E-state index contributed by atoms with van der Waals surface area (Å²) in [5.41, 5.74) is 7.99. The van der Waals surface area contributed by atoms with E-state index in [2.05, 4.69) is 46.9 Å². The van der Waals surface area contributed by atoms with Crippen LogP contribution in [0.5, 0.6) is 0 Å². The number of para-hydroxylation sites is 2. The molecule has 2 aromatic carbocycles. The minimum absolute atomic E-state index is 0.0440. The Hall–Kier alpha value is -7.05. The van der Waals surface area contributed by atoms with E-state index in [1.54, 1.807) is 18.3 Å². The van der Waals surface area contributed by atoms with E-state index in [0.717, 1.165) is 27.8 Å². The minimum atomic E-state index is -1.44. The predicted molar refractivity (Wildman–Crippen MR) is 215 cm³/mol. The molecule has 0 radical (unpaired) electrons. The maximum absolute atomic E-state index is 14.0. The Balaban J connectivity index is 1.31. The van der Waals surface area contributed by atoms with Gasteiger partial charge in [-0.15, -0.1) is 0 Å². The number of primary amides is 1. The number of anilines is 1. The summed E-state index contributed by atoms with van der Waals surface area (Å²) in [5.74, 6) is -5.49. The molecule has 10 N–H and O–H groups in total. The highest BCUT2D eigenvalue weighted by molar-refractivity contribution is 6.11. The number of nitrogens with one attached hydrogen (secondary N) is 8. The largest absolute Gasteiger partial charge is 0.368 e. The Bertz CT molecular complexity index is 2190. The Morgan fingerprint density at radius 1 is 0.864 bits per heavy atom. The number of carbonyl (C=O) groups excluding carboxylic acids is 8. The van der Waals surface area contributed by atoms with Gasteiger partial charge in [0.1, 0.15) is 36.8 Å². The van der Waals surface area contributed by atoms with Crippen LogP contribution in [0.15, 0.2) is 67.3 Å². The van der Waals surface area contributed by atoms with Crippen molar-refractivity contribution in [3.05, 3.63) is 84.1 Å². The lowest BCUT2D eigenvalue weighted by Crippen LogP contribution is -2.59. The predicted octanol–water partition coefficient (Wildman–Crippen LogP) is -0.0900. The Kier molecular flexibility index (Phi) is 14.5. The van der Waals surface area contributed by atoms with Gasteiger partial charge in [-0.05, 0) is 37.1 Å². The maximum Gasteiger partial charge on any atom is 0.257 e. The van der Waals surface area contributed by atoms with Crippen LogP contribution in [0.2, 0.25) is 0 Å². The average molecular weight is 812 g/mol. The second-order valence-electron chi connectivity index (χ2n) is 14.3. The second kappa shape index (κ2) is 19.9. The molecule has 3 heterocycles. The number of nitrogens with two attached hydrogens (primary N) is 1. The number of nitrogens with zero attached hydrogens (tertiary/aromatic N) is 2. The van der Waals surface area contributed by atoms with Crippen LogP contribution in [0.25, 0.3) is 10.9 Å². The van der Waals surface area contributed by atoms with Crippen LogP contribution in [-0.2, 0) is 46.4 Å². The van der Waals surface area contributed by atoms with Gasteiger partial charge in [0.05, 0.1) is 17.6 Å². The van der Waals surface area contributed by atoms with E-state index in [1.807, 2.05) is 31.2 Å². The Morgan fingerprint density at radius 3 is 2.32 bits per heavy atom. The Labute approximate surface area is 339 Å². The lowest BCUT2D eigenvalue weighted by Gasteiger charge is -2.29. The molecule has 312 valence electrons. The first-order valence-electron chi connectivity index (χ1n) is 19.2. The quantitative estimate of drug-likeness (QED) is 0.0611. The molecule has 0 fully saturated rings. The van der Waals surface area contributed by atoms with Crippen LogP contribution < -0.4 is 37.6 Å². The van der Waals surface area contributed by atoms with Crippen molar-refractivity contribution in [1.29, 1.82) is 0 Å². The monoisotopic (exact) mass is 811 g/mol. The van der Waals surface area contributed by atoms with E-state index in [9.17, 15) is 38.4 Å². The first-order valence-corrected chi connectivity index (χ1v) is 19.2. The third kappa shape index (κ3) is 11.3. The third-order valence-electron chi connectivity index (χ3n) is 9.82. The topological polar surface area (TPSA) is 282 Å². The summed E-state index contributed by atoms with van der Waals surface area (Å²) in [6.07, 6.45) is 6.31. The molecule has 0 bridgehead atoms.